The lowest BCUT2D eigenvalue weighted by atomic mass is 10.2. The van der Waals surface area contributed by atoms with Crippen LogP contribution < -0.4 is 9.47 Å². The standard InChI is InChI=1S/C17H17N5O4S2/c1-3-25-13-9-11(8-12(22(23)24)15(13)26-4-2)10-18-21-16(19-20-17(21)27)14-6-5-7-28-14/h5-10H,3-4H2,1-2H3,(H,20,27)/b18-10-. The van der Waals surface area contributed by atoms with Gasteiger partial charge in [0.15, 0.2) is 11.6 Å². The highest BCUT2D eigenvalue weighted by Crippen LogP contribution is 2.38. The molecule has 1 aromatic carbocycles. The third-order valence-electron chi connectivity index (χ3n) is 3.56. The van der Waals surface area contributed by atoms with Crippen molar-refractivity contribution in [3.8, 4) is 22.2 Å². The second-order valence-corrected chi connectivity index (χ2v) is 6.71. The first-order valence-corrected chi connectivity index (χ1v) is 9.67. The van der Waals surface area contributed by atoms with Crippen molar-refractivity contribution in [1.82, 2.24) is 14.9 Å². The van der Waals surface area contributed by atoms with Gasteiger partial charge in [0.05, 0.1) is 29.2 Å². The van der Waals surface area contributed by atoms with Crippen LogP contribution in [0.1, 0.15) is 19.4 Å². The van der Waals surface area contributed by atoms with Gasteiger partial charge in [-0.2, -0.15) is 14.9 Å². The van der Waals surface area contributed by atoms with Gasteiger partial charge in [-0.25, -0.2) is 5.10 Å². The molecule has 0 fully saturated rings. The fourth-order valence-electron chi connectivity index (χ4n) is 2.46. The molecular weight excluding hydrogens is 402 g/mol. The van der Waals surface area contributed by atoms with Gasteiger partial charge in [-0.05, 0) is 43.6 Å². The molecule has 0 radical (unpaired) electrons. The topological polar surface area (TPSA) is 108 Å². The Kier molecular flexibility index (Phi) is 6.16. The highest BCUT2D eigenvalue weighted by Gasteiger charge is 2.22. The van der Waals surface area contributed by atoms with Crippen LogP contribution in [-0.2, 0) is 0 Å². The van der Waals surface area contributed by atoms with Gasteiger partial charge in [-0.1, -0.05) is 6.07 Å². The summed E-state index contributed by atoms with van der Waals surface area (Å²) in [5.74, 6) is 0.946. The van der Waals surface area contributed by atoms with Crippen molar-refractivity contribution in [2.75, 3.05) is 13.2 Å². The predicted octanol–water partition coefficient (Wildman–Crippen LogP) is 4.26. The minimum atomic E-state index is -0.508. The van der Waals surface area contributed by atoms with E-state index in [-0.39, 0.29) is 23.8 Å². The van der Waals surface area contributed by atoms with Crippen LogP contribution in [0.25, 0.3) is 10.7 Å². The molecule has 0 aliphatic heterocycles. The van der Waals surface area contributed by atoms with Crippen LogP contribution in [0.5, 0.6) is 11.5 Å². The van der Waals surface area contributed by atoms with Gasteiger partial charge in [0.25, 0.3) is 0 Å². The summed E-state index contributed by atoms with van der Waals surface area (Å²) >= 11 is 6.73. The molecule has 0 saturated heterocycles. The number of thiophene rings is 1. The first-order valence-electron chi connectivity index (χ1n) is 8.38. The minimum absolute atomic E-state index is 0.102. The SMILES string of the molecule is CCOc1cc(/C=N\n2c(-c3cccs3)n[nH]c2=S)cc([N+](=O)[O-])c1OCC. The highest BCUT2D eigenvalue weighted by atomic mass is 32.1. The molecule has 0 spiro atoms. The van der Waals surface area contributed by atoms with Gasteiger partial charge in [-0.3, -0.25) is 10.1 Å². The highest BCUT2D eigenvalue weighted by molar-refractivity contribution is 7.71. The van der Waals surface area contributed by atoms with Crippen molar-refractivity contribution < 1.29 is 14.4 Å². The number of benzene rings is 1. The summed E-state index contributed by atoms with van der Waals surface area (Å²) in [6.07, 6.45) is 1.47. The van der Waals surface area contributed by atoms with Gasteiger partial charge in [0.1, 0.15) is 0 Å². The summed E-state index contributed by atoms with van der Waals surface area (Å²) in [6, 6.07) is 6.82. The van der Waals surface area contributed by atoms with Crippen LogP contribution in [0, 0.1) is 14.9 Å². The van der Waals surface area contributed by atoms with Crippen molar-refractivity contribution in [2.24, 2.45) is 5.10 Å². The Morgan fingerprint density at radius 3 is 2.82 bits per heavy atom. The molecular formula is C17H17N5O4S2. The van der Waals surface area contributed by atoms with Gasteiger partial charge in [-0.15, -0.1) is 11.3 Å². The van der Waals surface area contributed by atoms with Crippen LogP contribution in [-0.4, -0.2) is 39.2 Å². The molecule has 0 bridgehead atoms. The number of H-pyrrole nitrogens is 1. The average molecular weight is 419 g/mol. The van der Waals surface area contributed by atoms with Crippen LogP contribution in [0.2, 0.25) is 0 Å². The Bertz CT molecular complexity index is 1060. The molecule has 3 rings (SSSR count). The minimum Gasteiger partial charge on any atom is -0.490 e. The monoisotopic (exact) mass is 419 g/mol. The Morgan fingerprint density at radius 1 is 1.39 bits per heavy atom. The molecule has 0 aliphatic rings. The van der Waals surface area contributed by atoms with Gasteiger partial charge >= 0.3 is 5.69 Å². The zero-order valence-electron chi connectivity index (χ0n) is 15.1. The molecule has 9 nitrogen and oxygen atoms in total. The molecule has 2 heterocycles. The molecule has 146 valence electrons. The maximum atomic E-state index is 11.5. The summed E-state index contributed by atoms with van der Waals surface area (Å²) in [4.78, 5) is 11.9. The van der Waals surface area contributed by atoms with E-state index in [2.05, 4.69) is 15.3 Å². The summed E-state index contributed by atoms with van der Waals surface area (Å²) in [6.45, 7) is 4.16. The Labute approximate surface area is 169 Å². The van der Waals surface area contributed by atoms with E-state index in [9.17, 15) is 10.1 Å². The van der Waals surface area contributed by atoms with Crippen molar-refractivity contribution >= 4 is 35.5 Å². The third-order valence-corrected chi connectivity index (χ3v) is 4.69. The number of ether oxygens (including phenoxy) is 2. The smallest absolute Gasteiger partial charge is 0.315 e. The number of hydrogen-bond donors (Lipinski definition) is 1. The number of nitrogens with zero attached hydrogens (tertiary/aromatic N) is 4. The second kappa shape index (κ2) is 8.76. The second-order valence-electron chi connectivity index (χ2n) is 5.38. The summed E-state index contributed by atoms with van der Waals surface area (Å²) in [5.41, 5.74) is 0.280. The lowest BCUT2D eigenvalue weighted by molar-refractivity contribution is -0.385. The fraction of sp³-hybridized carbons (Fsp3) is 0.235. The molecule has 0 unspecified atom stereocenters. The van der Waals surface area contributed by atoms with Crippen LogP contribution >= 0.6 is 23.6 Å². The van der Waals surface area contributed by atoms with E-state index in [4.69, 9.17) is 21.7 Å². The number of rotatable bonds is 8. The van der Waals surface area contributed by atoms with E-state index in [1.165, 1.54) is 28.3 Å². The number of hydrogen-bond acceptors (Lipinski definition) is 8. The van der Waals surface area contributed by atoms with E-state index in [0.717, 1.165) is 4.88 Å². The number of aromatic nitrogens is 3. The summed E-state index contributed by atoms with van der Waals surface area (Å²) in [7, 11) is 0. The first kappa shape index (κ1) is 19.7. The number of aromatic amines is 1. The van der Waals surface area contributed by atoms with Crippen LogP contribution in [0.3, 0.4) is 0 Å². The van der Waals surface area contributed by atoms with Crippen molar-refractivity contribution in [1.29, 1.82) is 0 Å². The van der Waals surface area contributed by atoms with E-state index in [1.54, 1.807) is 19.9 Å². The number of nitro groups is 1. The lowest BCUT2D eigenvalue weighted by Gasteiger charge is -2.11. The number of nitrogens with one attached hydrogen (secondary N) is 1. The molecule has 0 aliphatic carbocycles. The molecule has 11 heteroatoms. The molecule has 0 saturated carbocycles. The maximum absolute atomic E-state index is 11.5. The average Bonchev–Trinajstić information content (AvgIpc) is 3.31. The lowest BCUT2D eigenvalue weighted by Crippen LogP contribution is -2.03. The zero-order valence-corrected chi connectivity index (χ0v) is 16.7. The van der Waals surface area contributed by atoms with Crippen LogP contribution in [0.15, 0.2) is 34.7 Å². The molecule has 28 heavy (non-hydrogen) atoms. The third kappa shape index (κ3) is 4.10. The molecule has 2 aromatic heterocycles. The van der Waals surface area contributed by atoms with Gasteiger partial charge < -0.3 is 9.47 Å². The van der Waals surface area contributed by atoms with Gasteiger partial charge in [0, 0.05) is 11.6 Å². The molecule has 1 N–H and O–H groups in total. The zero-order chi connectivity index (χ0) is 20.1. The molecule has 3 aromatic rings. The first-order chi connectivity index (χ1) is 13.5. The van der Waals surface area contributed by atoms with Crippen molar-refractivity contribution in [3.63, 3.8) is 0 Å². The number of nitro benzene ring substituents is 1. The predicted molar refractivity (Wildman–Crippen MR) is 109 cm³/mol. The van der Waals surface area contributed by atoms with Gasteiger partial charge in [0.2, 0.25) is 10.5 Å². The molecule has 0 atom stereocenters. The Hall–Kier alpha value is -3.05. The maximum Gasteiger partial charge on any atom is 0.315 e. The van der Waals surface area contributed by atoms with E-state index in [0.29, 0.717) is 22.8 Å². The normalized spacial score (nSPS) is 11.1. The van der Waals surface area contributed by atoms with E-state index < -0.39 is 4.92 Å². The molecule has 0 amide bonds. The van der Waals surface area contributed by atoms with E-state index >= 15 is 0 Å². The van der Waals surface area contributed by atoms with Crippen molar-refractivity contribution in [3.05, 3.63) is 50.1 Å². The fourth-order valence-corrected chi connectivity index (χ4v) is 3.34. The van der Waals surface area contributed by atoms with Crippen LogP contribution in [0.4, 0.5) is 5.69 Å². The van der Waals surface area contributed by atoms with E-state index in [1.807, 2.05) is 17.5 Å². The summed E-state index contributed by atoms with van der Waals surface area (Å²) in [5, 5.41) is 24.7. The largest absolute Gasteiger partial charge is 0.490 e. The van der Waals surface area contributed by atoms with Crippen molar-refractivity contribution in [2.45, 2.75) is 13.8 Å². The Balaban J connectivity index is 2.04. The summed E-state index contributed by atoms with van der Waals surface area (Å²) < 4.78 is 12.7. The quantitative estimate of drug-likeness (QED) is 0.253. The Morgan fingerprint density at radius 2 is 2.18 bits per heavy atom.